The number of rotatable bonds is 1. The molecule has 19 nitrogen and oxygen atoms in total. The zero-order valence-electron chi connectivity index (χ0n) is 67.1. The summed E-state index contributed by atoms with van der Waals surface area (Å²) in [7, 11) is 1.63. The topological polar surface area (TPSA) is 271 Å². The van der Waals surface area contributed by atoms with Gasteiger partial charge in [0.05, 0.1) is 18.5 Å². The van der Waals surface area contributed by atoms with Crippen molar-refractivity contribution in [2.45, 2.75) is 187 Å². The molecule has 0 spiro atoms. The first-order valence-corrected chi connectivity index (χ1v) is 41.9. The lowest BCUT2D eigenvalue weighted by atomic mass is 10.1. The highest BCUT2D eigenvalue weighted by Crippen LogP contribution is 2.34. The van der Waals surface area contributed by atoms with Crippen LogP contribution in [0.15, 0.2) is 156 Å². The molecule has 9 aromatic carbocycles. The van der Waals surface area contributed by atoms with Crippen LogP contribution in [-0.2, 0) is 101 Å². The molecule has 0 unspecified atom stereocenters. The van der Waals surface area contributed by atoms with Crippen molar-refractivity contribution in [3.8, 4) is 5.75 Å². The number of hydrogen-bond acceptors (Lipinski definition) is 10. The Morgan fingerprint density at radius 2 is 0.617 bits per heavy atom. The van der Waals surface area contributed by atoms with E-state index in [4.69, 9.17) is 27.9 Å². The van der Waals surface area contributed by atoms with Crippen LogP contribution in [0.3, 0.4) is 0 Å². The van der Waals surface area contributed by atoms with Gasteiger partial charge in [0.2, 0.25) is 53.2 Å². The van der Waals surface area contributed by atoms with Gasteiger partial charge in [-0.1, -0.05) is 87.2 Å². The quantitative estimate of drug-likeness (QED) is 0.0701. The van der Waals surface area contributed by atoms with Crippen LogP contribution in [0.1, 0.15) is 177 Å². The second-order valence-electron chi connectivity index (χ2n) is 30.0. The maximum absolute atomic E-state index is 13.6. The van der Waals surface area contributed by atoms with Crippen molar-refractivity contribution in [3.05, 3.63) is 256 Å². The molecule has 630 valence electrons. The number of ether oxygens (including phenoxy) is 1. The van der Waals surface area contributed by atoms with Crippen molar-refractivity contribution in [1.82, 2.24) is 0 Å². The van der Waals surface area contributed by atoms with Gasteiger partial charge in [-0.15, -0.1) is 0 Å². The third-order valence-corrected chi connectivity index (χ3v) is 21.5. The molecule has 0 bridgehead atoms. The molecule has 9 amide bonds. The Morgan fingerprint density at radius 3 is 1.12 bits per heavy atom. The smallest absolute Gasteiger partial charge is 0.224 e. The average molecular weight is 1750 g/mol. The number of fused-ring (bicyclic) bond motifs is 9. The fourth-order valence-electron chi connectivity index (χ4n) is 14.4. The predicted molar refractivity (Wildman–Crippen MR) is 466 cm³/mol. The molecule has 0 aliphatic carbocycles. The van der Waals surface area contributed by atoms with E-state index in [0.29, 0.717) is 98.2 Å². The van der Waals surface area contributed by atoms with E-state index in [1.165, 1.54) is 58.1 Å². The molecule has 0 radical (unpaired) electrons. The third kappa shape index (κ3) is 28.5. The zero-order chi connectivity index (χ0) is 85.8. The summed E-state index contributed by atoms with van der Waals surface area (Å²) in [6.45, 7) is 3.78. The summed E-state index contributed by atoms with van der Waals surface area (Å²) >= 11 is 15.1. The molecule has 0 fully saturated rings. The molecule has 0 aromatic heterocycles. The number of anilines is 9. The lowest BCUT2D eigenvalue weighted by Crippen LogP contribution is -2.11. The Kier molecular flexibility index (Phi) is 34.3. The highest BCUT2D eigenvalue weighted by molar-refractivity contribution is 9.10. The van der Waals surface area contributed by atoms with Gasteiger partial charge in [-0.25, -0.2) is 22.0 Å². The normalized spacial score (nSPS) is 15.8. The molecule has 0 atom stereocenters. The Hall–Kier alpha value is -11.3. The van der Waals surface area contributed by atoms with Crippen LogP contribution in [0.5, 0.6) is 5.75 Å². The van der Waals surface area contributed by atoms with Gasteiger partial charge in [0.1, 0.15) is 34.8 Å². The summed E-state index contributed by atoms with van der Waals surface area (Å²) in [5.74, 6) is -1.12. The van der Waals surface area contributed by atoms with Crippen LogP contribution in [0.2, 0.25) is 10.0 Å². The molecule has 0 saturated carbocycles. The molecule has 120 heavy (non-hydrogen) atoms. The molecule has 27 heteroatoms. The Bertz CT molecular complexity index is 4920. The van der Waals surface area contributed by atoms with Gasteiger partial charge >= 0.3 is 0 Å². The second-order valence-corrected chi connectivity index (χ2v) is 31.7. The Balaban J connectivity index is 0.000000142. The SMILES string of the molecule is COc1ccc2c(c1)NC(=O)CCC2.Cc1ccc2c(c1)CCCC(=O)N2.Cc1ccc2c(c1F)NC(=O)CCC2.O=C1CCCc2cc(Br)ccc2N1.O=C1CCCc2cc(Cl)ccc2N1.O=C1CCCc2cc(F)cc(F)c2N1.O=C1CCCc2cc(F)ccc2N1.O=C1CCCc2ccc(Cl)cc2N1.O=C1CCCc2ccc(F)cc2N1. The monoisotopic (exact) mass is 1740 g/mol. The maximum Gasteiger partial charge on any atom is 0.224 e. The molecule has 9 aromatic rings. The van der Waals surface area contributed by atoms with E-state index in [2.05, 4.69) is 82.8 Å². The molecule has 9 aliphatic rings. The molecule has 9 aliphatic heterocycles. The van der Waals surface area contributed by atoms with Gasteiger partial charge in [-0.3, -0.25) is 43.2 Å². The number of nitrogens with one attached hydrogen (secondary N) is 9. The minimum absolute atomic E-state index is 0.0189. The summed E-state index contributed by atoms with van der Waals surface area (Å²) < 4.78 is 71.5. The number of aryl methyl sites for hydroxylation is 11. The fourth-order valence-corrected chi connectivity index (χ4v) is 15.2. The van der Waals surface area contributed by atoms with E-state index in [9.17, 15) is 65.1 Å². The fraction of sp³-hybridized carbons (Fsp3) is 0.323. The molecule has 9 N–H and O–H groups in total. The second kappa shape index (κ2) is 45.2. The summed E-state index contributed by atoms with van der Waals surface area (Å²) in [6, 6.07) is 43.9. The van der Waals surface area contributed by atoms with Crippen molar-refractivity contribution >= 4 is 143 Å². The van der Waals surface area contributed by atoms with E-state index in [1.54, 1.807) is 44.4 Å². The van der Waals surface area contributed by atoms with E-state index in [-0.39, 0.29) is 76.3 Å². The number of carbonyl (C=O) groups is 9. The highest BCUT2D eigenvalue weighted by atomic mass is 79.9. The highest BCUT2D eigenvalue weighted by Gasteiger charge is 2.23. The largest absolute Gasteiger partial charge is 0.497 e. The number of halogens is 8. The van der Waals surface area contributed by atoms with Crippen LogP contribution < -0.4 is 52.6 Å². The van der Waals surface area contributed by atoms with E-state index in [0.717, 1.165) is 180 Å². The Labute approximate surface area is 713 Å². The van der Waals surface area contributed by atoms with Crippen LogP contribution in [0.25, 0.3) is 0 Å². The summed E-state index contributed by atoms with van der Waals surface area (Å²) in [5.41, 5.74) is 17.7. The zero-order valence-corrected chi connectivity index (χ0v) is 70.2. The first-order chi connectivity index (χ1) is 57.7. The van der Waals surface area contributed by atoms with Gasteiger partial charge in [0.15, 0.2) is 0 Å². The molecular formula is C93H97BrCl2F5N9O10. The van der Waals surface area contributed by atoms with Crippen LogP contribution >= 0.6 is 39.1 Å². The van der Waals surface area contributed by atoms with Gasteiger partial charge in [0, 0.05) is 124 Å². The van der Waals surface area contributed by atoms with Crippen molar-refractivity contribution < 1.29 is 69.8 Å². The van der Waals surface area contributed by atoms with E-state index < -0.39 is 11.6 Å². The van der Waals surface area contributed by atoms with Crippen LogP contribution in [-0.4, -0.2) is 60.3 Å². The van der Waals surface area contributed by atoms with Gasteiger partial charge in [-0.05, 0) is 282 Å². The van der Waals surface area contributed by atoms with Gasteiger partial charge in [0.25, 0.3) is 0 Å². The number of hydrogen-bond donors (Lipinski definition) is 9. The number of amides is 9. The van der Waals surface area contributed by atoms with Crippen molar-refractivity contribution in [2.75, 3.05) is 55.0 Å². The maximum atomic E-state index is 13.6. The van der Waals surface area contributed by atoms with Gasteiger partial charge in [-0.2, -0.15) is 0 Å². The van der Waals surface area contributed by atoms with E-state index >= 15 is 0 Å². The summed E-state index contributed by atoms with van der Waals surface area (Å²) in [4.78, 5) is 101. The number of methoxy groups -OCH3 is 1. The van der Waals surface area contributed by atoms with Crippen molar-refractivity contribution in [2.24, 2.45) is 0 Å². The predicted octanol–water partition coefficient (Wildman–Crippen LogP) is 21.0. The Morgan fingerprint density at radius 1 is 0.283 bits per heavy atom. The molecule has 9 heterocycles. The minimum atomic E-state index is -0.699. The summed E-state index contributed by atoms with van der Waals surface area (Å²) in [5, 5.41) is 26.3. The lowest BCUT2D eigenvalue weighted by Gasteiger charge is -2.09. The van der Waals surface area contributed by atoms with Crippen molar-refractivity contribution in [3.63, 3.8) is 0 Å². The van der Waals surface area contributed by atoms with E-state index in [1.807, 2.05) is 72.8 Å². The molecular weight excluding hydrogens is 1650 g/mol. The first-order valence-electron chi connectivity index (χ1n) is 40.3. The minimum Gasteiger partial charge on any atom is -0.497 e. The van der Waals surface area contributed by atoms with Crippen LogP contribution in [0.4, 0.5) is 73.1 Å². The lowest BCUT2D eigenvalue weighted by molar-refractivity contribution is -0.117. The summed E-state index contributed by atoms with van der Waals surface area (Å²) in [6.07, 6.45) is 20.4. The average Bonchev–Trinajstić information content (AvgIpc) is 1.53. The van der Waals surface area contributed by atoms with Gasteiger partial charge < -0.3 is 52.6 Å². The molecule has 0 saturated heterocycles. The van der Waals surface area contributed by atoms with Crippen LogP contribution in [0, 0.1) is 42.9 Å². The first kappa shape index (κ1) is 91.0. The standard InChI is InChI=1S/C11H12FNO.C11H13NO2.C11H13NO.C10H10BrNO.2C10H10ClNO.C10H9F2NO.2C10H10FNO/c1-7-5-6-8-3-2-4-9(14)13-11(8)10(7)12;1-14-9-6-5-8-3-2-4-11(13)12-10(8)7-9;1-8-5-6-10-9(7-8)3-2-4-11(13)12-10;2*11-8-4-5-9-7(6-8)2-1-3-10(13)12-9;11-8-5-4-7-2-1-3-10(13)12-9(7)6-8;11-7-4-6-2-1-3-9(14)13-10(6)8(12)5-7;11-8-4-5-9-7(6-8)2-1-3-10(13)12-9;11-8-5-4-7-2-1-3-10(13)12-9(7)6-8/h5-6H,2-4H2,1H3,(H,13,14);5-7H,2-4H2,1H3,(H,12,13);5-7H,2-4H2,1H3,(H,12,13);3*4-6H,1-3H2,(H,12,13);4-5H,1-3H2,(H,13,14);2*4-6H,1-3H2,(H,12,13). The number of carbonyl (C=O) groups excluding carboxylic acids is 9. The van der Waals surface area contributed by atoms with Crippen molar-refractivity contribution in [1.29, 1.82) is 0 Å². The number of benzene rings is 9. The third-order valence-electron chi connectivity index (χ3n) is 20.6. The molecule has 18 rings (SSSR count).